The van der Waals surface area contributed by atoms with Crippen molar-refractivity contribution in [2.75, 3.05) is 13.2 Å². The third-order valence-corrected chi connectivity index (χ3v) is 2.14. The first kappa shape index (κ1) is 17.0. The Hall–Kier alpha value is -1.04. The summed E-state index contributed by atoms with van der Waals surface area (Å²) in [5, 5.41) is 0.249. The molecule has 0 bridgehead atoms. The molecule has 7 heteroatoms. The number of carbonyl (C=O) groups is 1. The Morgan fingerprint density at radius 3 is 2.83 bits per heavy atom. The Morgan fingerprint density at radius 1 is 1.61 bits per heavy atom. The first-order valence-electron chi connectivity index (χ1n) is 5.33. The van der Waals surface area contributed by atoms with Crippen molar-refractivity contribution in [2.24, 2.45) is 0 Å². The zero-order chi connectivity index (χ0) is 12.8. The van der Waals surface area contributed by atoms with Crippen LogP contribution in [0.25, 0.3) is 0 Å². The molecule has 0 aliphatic rings. The molecule has 102 valence electrons. The number of aromatic nitrogens is 1. The van der Waals surface area contributed by atoms with E-state index >= 15 is 0 Å². The summed E-state index contributed by atoms with van der Waals surface area (Å²) in [4.78, 5) is 15.5. The normalized spacial score (nSPS) is 11.3. The summed E-state index contributed by atoms with van der Waals surface area (Å²) >= 11 is 5.86. The second-order valence-electron chi connectivity index (χ2n) is 3.64. The maximum absolute atomic E-state index is 11.6. The number of esters is 1. The van der Waals surface area contributed by atoms with E-state index < -0.39 is 5.97 Å². The van der Waals surface area contributed by atoms with Crippen molar-refractivity contribution in [2.45, 2.75) is 19.9 Å². The van der Waals surface area contributed by atoms with Gasteiger partial charge in [-0.25, -0.2) is 9.78 Å². The Balaban J connectivity index is 0.00000289. The molecule has 18 heavy (non-hydrogen) atoms. The molecule has 0 unspecified atom stereocenters. The van der Waals surface area contributed by atoms with Gasteiger partial charge in [-0.2, -0.15) is 0 Å². The van der Waals surface area contributed by atoms with Crippen molar-refractivity contribution in [3.8, 4) is 5.88 Å². The van der Waals surface area contributed by atoms with Crippen LogP contribution in [-0.4, -0.2) is 30.2 Å². The van der Waals surface area contributed by atoms with Crippen molar-refractivity contribution < 1.29 is 32.4 Å². The predicted octanol–water partition coefficient (Wildman–Crippen LogP) is -2.08. The van der Waals surface area contributed by atoms with E-state index in [1.54, 1.807) is 6.92 Å². The molecule has 1 atom stereocenters. The fourth-order valence-corrected chi connectivity index (χ4v) is 1.27. The molecule has 0 amide bonds. The highest BCUT2D eigenvalue weighted by Crippen LogP contribution is 2.20. The van der Waals surface area contributed by atoms with Gasteiger partial charge in [0.05, 0.1) is 23.4 Å². The number of carbonyl (C=O) groups excluding carboxylic acids is 1. The van der Waals surface area contributed by atoms with E-state index in [0.717, 1.165) is 0 Å². The summed E-state index contributed by atoms with van der Waals surface area (Å²) in [6.45, 7) is 4.37. The van der Waals surface area contributed by atoms with Crippen LogP contribution in [0.2, 0.25) is 5.02 Å². The third kappa shape index (κ3) is 5.08. The Bertz CT molecular complexity index is 400. The van der Waals surface area contributed by atoms with E-state index in [2.05, 4.69) is 10.7 Å². The standard InChI is InChI=1S/C11H15ClN2O3.ClH/c1-3-16-11(15)8-4-10(14-5-9(8)12)17-6-7(2)13;/h4-5,7H,3,6,13H2,1-2H3;1H/t7-;/m0./s1. The summed E-state index contributed by atoms with van der Waals surface area (Å²) in [6.07, 6.45) is 1.37. The molecule has 1 heterocycles. The lowest BCUT2D eigenvalue weighted by molar-refractivity contribution is -0.417. The Labute approximate surface area is 117 Å². The van der Waals surface area contributed by atoms with Gasteiger partial charge in [0.1, 0.15) is 12.6 Å². The topological polar surface area (TPSA) is 76.1 Å². The van der Waals surface area contributed by atoms with Crippen LogP contribution in [0.5, 0.6) is 5.88 Å². The van der Waals surface area contributed by atoms with Gasteiger partial charge in [0, 0.05) is 6.07 Å². The average Bonchev–Trinajstić information content (AvgIpc) is 2.28. The number of quaternary nitrogens is 1. The smallest absolute Gasteiger partial charge is 0.339 e. The largest absolute Gasteiger partial charge is 1.00 e. The molecule has 0 aromatic carbocycles. The summed E-state index contributed by atoms with van der Waals surface area (Å²) in [5.74, 6) is -0.139. The minimum Gasteiger partial charge on any atom is -1.00 e. The van der Waals surface area contributed by atoms with E-state index in [9.17, 15) is 4.79 Å². The quantitative estimate of drug-likeness (QED) is 0.633. The van der Waals surface area contributed by atoms with Crippen LogP contribution in [0.4, 0.5) is 0 Å². The van der Waals surface area contributed by atoms with Gasteiger partial charge in [0.25, 0.3) is 0 Å². The zero-order valence-electron chi connectivity index (χ0n) is 10.3. The van der Waals surface area contributed by atoms with Crippen LogP contribution in [0.1, 0.15) is 24.2 Å². The molecule has 1 aromatic rings. The van der Waals surface area contributed by atoms with Crippen LogP contribution in [0, 0.1) is 0 Å². The lowest BCUT2D eigenvalue weighted by atomic mass is 10.2. The molecule has 1 rings (SSSR count). The van der Waals surface area contributed by atoms with Gasteiger partial charge in [-0.05, 0) is 13.8 Å². The second kappa shape index (κ2) is 8.13. The minimum atomic E-state index is -0.479. The molecular weight excluding hydrogens is 279 g/mol. The van der Waals surface area contributed by atoms with E-state index in [1.807, 2.05) is 6.92 Å². The van der Waals surface area contributed by atoms with Gasteiger partial charge in [0.15, 0.2) is 0 Å². The first-order valence-corrected chi connectivity index (χ1v) is 5.71. The van der Waals surface area contributed by atoms with Crippen molar-refractivity contribution in [3.05, 3.63) is 22.8 Å². The van der Waals surface area contributed by atoms with E-state index in [-0.39, 0.29) is 29.0 Å². The highest BCUT2D eigenvalue weighted by molar-refractivity contribution is 6.33. The maximum atomic E-state index is 11.6. The maximum Gasteiger partial charge on any atom is 0.339 e. The zero-order valence-corrected chi connectivity index (χ0v) is 11.8. The number of pyridine rings is 1. The number of nitrogens with zero attached hydrogens (tertiary/aromatic N) is 1. The van der Waals surface area contributed by atoms with E-state index in [1.165, 1.54) is 12.3 Å². The van der Waals surface area contributed by atoms with E-state index in [4.69, 9.17) is 21.1 Å². The lowest BCUT2D eigenvalue weighted by Gasteiger charge is -2.08. The van der Waals surface area contributed by atoms with Crippen molar-refractivity contribution in [1.29, 1.82) is 0 Å². The van der Waals surface area contributed by atoms with Gasteiger partial charge in [-0.1, -0.05) is 11.6 Å². The minimum absolute atomic E-state index is 0. The average molecular weight is 295 g/mol. The molecule has 0 aliphatic carbocycles. The SMILES string of the molecule is CCOC(=O)c1cc(OC[C@H](C)[NH3+])ncc1Cl.[Cl-]. The lowest BCUT2D eigenvalue weighted by Crippen LogP contribution is -3.00. The van der Waals surface area contributed by atoms with Gasteiger partial charge in [-0.15, -0.1) is 0 Å². The Kier molecular flexibility index (Phi) is 7.66. The van der Waals surface area contributed by atoms with Crippen molar-refractivity contribution >= 4 is 17.6 Å². The highest BCUT2D eigenvalue weighted by Gasteiger charge is 2.14. The molecular formula is C11H16Cl2N2O3. The summed E-state index contributed by atoms with van der Waals surface area (Å²) in [5.41, 5.74) is 4.05. The van der Waals surface area contributed by atoms with Crippen LogP contribution < -0.4 is 22.9 Å². The van der Waals surface area contributed by atoms with Crippen molar-refractivity contribution in [3.63, 3.8) is 0 Å². The molecule has 0 aliphatic heterocycles. The monoisotopic (exact) mass is 294 g/mol. The summed E-state index contributed by atoms with van der Waals surface area (Å²) < 4.78 is 10.2. The van der Waals surface area contributed by atoms with Gasteiger partial charge >= 0.3 is 5.97 Å². The Morgan fingerprint density at radius 2 is 2.28 bits per heavy atom. The highest BCUT2D eigenvalue weighted by atomic mass is 35.5. The molecule has 1 aromatic heterocycles. The molecule has 0 saturated heterocycles. The molecule has 0 spiro atoms. The van der Waals surface area contributed by atoms with Gasteiger partial charge in [-0.3, -0.25) is 0 Å². The summed E-state index contributed by atoms with van der Waals surface area (Å²) in [7, 11) is 0. The van der Waals surface area contributed by atoms with Gasteiger partial charge in [0.2, 0.25) is 5.88 Å². The van der Waals surface area contributed by atoms with E-state index in [0.29, 0.717) is 19.1 Å². The third-order valence-electron chi connectivity index (χ3n) is 1.84. The number of hydrogen-bond donors (Lipinski definition) is 1. The first-order chi connectivity index (χ1) is 8.04. The molecule has 5 nitrogen and oxygen atoms in total. The molecule has 3 N–H and O–H groups in total. The molecule has 0 radical (unpaired) electrons. The summed E-state index contributed by atoms with van der Waals surface area (Å²) in [6, 6.07) is 1.61. The predicted molar refractivity (Wildman–Crippen MR) is 63.0 cm³/mol. The van der Waals surface area contributed by atoms with Crippen molar-refractivity contribution in [1.82, 2.24) is 4.98 Å². The van der Waals surface area contributed by atoms with Crippen LogP contribution >= 0.6 is 11.6 Å². The number of halogens is 2. The van der Waals surface area contributed by atoms with Crippen LogP contribution in [0.3, 0.4) is 0 Å². The number of hydrogen-bond acceptors (Lipinski definition) is 4. The fraction of sp³-hybridized carbons (Fsp3) is 0.455. The number of rotatable bonds is 5. The van der Waals surface area contributed by atoms with Crippen LogP contribution in [-0.2, 0) is 4.74 Å². The second-order valence-corrected chi connectivity index (χ2v) is 4.05. The number of ether oxygens (including phenoxy) is 2. The van der Waals surface area contributed by atoms with Crippen LogP contribution in [0.15, 0.2) is 12.3 Å². The molecule has 0 fully saturated rings. The fourth-order valence-electron chi connectivity index (χ4n) is 1.09. The van der Waals surface area contributed by atoms with Gasteiger partial charge < -0.3 is 27.6 Å². The molecule has 0 saturated carbocycles.